The summed E-state index contributed by atoms with van der Waals surface area (Å²) in [5.74, 6) is 1.33. The molecule has 3 atom stereocenters. The van der Waals surface area contributed by atoms with Gasteiger partial charge in [-0.1, -0.05) is 13.8 Å². The van der Waals surface area contributed by atoms with E-state index in [0.717, 1.165) is 12.3 Å². The number of cyclic esters (lactones) is 1. The number of carbonyl (C=O) groups excluding carboxylic acids is 1. The molecule has 0 aromatic heterocycles. The van der Waals surface area contributed by atoms with Gasteiger partial charge in [-0.15, -0.1) is 0 Å². The van der Waals surface area contributed by atoms with Crippen molar-refractivity contribution in [1.29, 1.82) is 0 Å². The Morgan fingerprint density at radius 2 is 2.31 bits per heavy atom. The van der Waals surface area contributed by atoms with Crippen LogP contribution in [-0.2, 0) is 4.74 Å². The number of nitrogens with one attached hydrogen (secondary N) is 1. The predicted octanol–water partition coefficient (Wildman–Crippen LogP) is 1.92. The normalized spacial score (nSPS) is 44.6. The van der Waals surface area contributed by atoms with Gasteiger partial charge < -0.3 is 10.1 Å². The lowest BCUT2D eigenvalue weighted by molar-refractivity contribution is 0.118. The number of alkyl carbamates (subject to hydrolysis) is 1. The Kier molecular flexibility index (Phi) is 1.97. The second-order valence-electron chi connectivity index (χ2n) is 4.64. The molecule has 0 aromatic rings. The number of carbonyl (C=O) groups is 1. The quantitative estimate of drug-likeness (QED) is 0.623. The van der Waals surface area contributed by atoms with Crippen molar-refractivity contribution in [2.75, 3.05) is 6.61 Å². The zero-order valence-corrected chi connectivity index (χ0v) is 8.30. The van der Waals surface area contributed by atoms with Gasteiger partial charge in [-0.2, -0.15) is 0 Å². The van der Waals surface area contributed by atoms with Crippen LogP contribution in [0, 0.1) is 11.8 Å². The van der Waals surface area contributed by atoms with Crippen LogP contribution in [0.3, 0.4) is 0 Å². The van der Waals surface area contributed by atoms with Crippen molar-refractivity contribution in [2.24, 2.45) is 11.8 Å². The molecule has 1 spiro atoms. The van der Waals surface area contributed by atoms with Crippen LogP contribution >= 0.6 is 0 Å². The fourth-order valence-electron chi connectivity index (χ4n) is 2.57. The second-order valence-corrected chi connectivity index (χ2v) is 4.64. The maximum atomic E-state index is 11.0. The van der Waals surface area contributed by atoms with Gasteiger partial charge in [0.05, 0.1) is 5.54 Å². The molecule has 0 radical (unpaired) electrons. The molecule has 1 heterocycles. The highest BCUT2D eigenvalue weighted by Gasteiger charge is 2.46. The molecule has 2 fully saturated rings. The lowest BCUT2D eigenvalue weighted by atomic mass is 9.71. The summed E-state index contributed by atoms with van der Waals surface area (Å²) in [6.07, 6.45) is 3.24. The third kappa shape index (κ3) is 1.40. The van der Waals surface area contributed by atoms with E-state index < -0.39 is 0 Å². The van der Waals surface area contributed by atoms with Gasteiger partial charge in [-0.25, -0.2) is 4.79 Å². The summed E-state index contributed by atoms with van der Waals surface area (Å²) < 4.78 is 5.00. The van der Waals surface area contributed by atoms with Crippen LogP contribution in [0.25, 0.3) is 0 Å². The van der Waals surface area contributed by atoms with E-state index in [1.54, 1.807) is 0 Å². The minimum absolute atomic E-state index is 0.0381. The van der Waals surface area contributed by atoms with E-state index in [9.17, 15) is 4.79 Å². The van der Waals surface area contributed by atoms with Gasteiger partial charge in [0, 0.05) is 0 Å². The summed E-state index contributed by atoms with van der Waals surface area (Å²) >= 11 is 0. The van der Waals surface area contributed by atoms with E-state index in [-0.39, 0.29) is 11.6 Å². The van der Waals surface area contributed by atoms with Gasteiger partial charge in [0.25, 0.3) is 0 Å². The van der Waals surface area contributed by atoms with Gasteiger partial charge in [-0.05, 0) is 31.1 Å². The summed E-state index contributed by atoms with van der Waals surface area (Å²) in [7, 11) is 0. The van der Waals surface area contributed by atoms with E-state index in [2.05, 4.69) is 19.2 Å². The molecule has 2 aliphatic rings. The number of rotatable bonds is 0. The Bertz CT molecular complexity index is 229. The van der Waals surface area contributed by atoms with Crippen molar-refractivity contribution in [1.82, 2.24) is 5.32 Å². The first-order valence-corrected chi connectivity index (χ1v) is 5.07. The zero-order valence-electron chi connectivity index (χ0n) is 8.30. The van der Waals surface area contributed by atoms with Crippen molar-refractivity contribution in [3.63, 3.8) is 0 Å². The Balaban J connectivity index is 2.10. The highest BCUT2D eigenvalue weighted by atomic mass is 16.6. The molecular weight excluding hydrogens is 166 g/mol. The van der Waals surface area contributed by atoms with E-state index >= 15 is 0 Å². The second kappa shape index (κ2) is 2.89. The molecular formula is C10H17NO2. The Hall–Kier alpha value is -0.730. The zero-order chi connectivity index (χ0) is 9.47. The molecule has 0 bridgehead atoms. The van der Waals surface area contributed by atoms with Gasteiger partial charge in [0.2, 0.25) is 0 Å². The van der Waals surface area contributed by atoms with Crippen LogP contribution in [0.5, 0.6) is 0 Å². The first-order chi connectivity index (χ1) is 6.12. The lowest BCUT2D eigenvalue weighted by Gasteiger charge is -2.39. The first kappa shape index (κ1) is 8.85. The SMILES string of the molecule is CC1CCC2(COC(=O)N2)C(C)C1. The summed E-state index contributed by atoms with van der Waals surface area (Å²) in [5.41, 5.74) is -0.0381. The average Bonchev–Trinajstić information content (AvgIpc) is 2.43. The molecule has 0 aromatic carbocycles. The van der Waals surface area contributed by atoms with E-state index in [4.69, 9.17) is 4.74 Å². The van der Waals surface area contributed by atoms with E-state index in [1.807, 2.05) is 0 Å². The summed E-state index contributed by atoms with van der Waals surface area (Å²) in [6.45, 7) is 5.06. The van der Waals surface area contributed by atoms with Crippen molar-refractivity contribution < 1.29 is 9.53 Å². The molecule has 13 heavy (non-hydrogen) atoms. The first-order valence-electron chi connectivity index (χ1n) is 5.07. The third-order valence-corrected chi connectivity index (χ3v) is 3.59. The van der Waals surface area contributed by atoms with Crippen LogP contribution in [0.1, 0.15) is 33.1 Å². The molecule has 3 heteroatoms. The maximum Gasteiger partial charge on any atom is 0.407 e. The number of hydrogen-bond donors (Lipinski definition) is 1. The molecule has 1 N–H and O–H groups in total. The van der Waals surface area contributed by atoms with Crippen LogP contribution in [0.2, 0.25) is 0 Å². The lowest BCUT2D eigenvalue weighted by Crippen LogP contribution is -2.51. The van der Waals surface area contributed by atoms with Crippen molar-refractivity contribution in [3.05, 3.63) is 0 Å². The van der Waals surface area contributed by atoms with Gasteiger partial charge >= 0.3 is 6.09 Å². The van der Waals surface area contributed by atoms with Crippen LogP contribution < -0.4 is 5.32 Å². The highest BCUT2D eigenvalue weighted by Crippen LogP contribution is 2.38. The minimum Gasteiger partial charge on any atom is -0.447 e. The predicted molar refractivity (Wildman–Crippen MR) is 49.4 cm³/mol. The van der Waals surface area contributed by atoms with E-state index in [1.165, 1.54) is 12.8 Å². The van der Waals surface area contributed by atoms with Crippen molar-refractivity contribution >= 4 is 6.09 Å². The summed E-state index contributed by atoms with van der Waals surface area (Å²) in [6, 6.07) is 0. The summed E-state index contributed by atoms with van der Waals surface area (Å²) in [4.78, 5) is 11.0. The molecule has 1 aliphatic heterocycles. The number of amides is 1. The largest absolute Gasteiger partial charge is 0.447 e. The molecule has 1 saturated carbocycles. The highest BCUT2D eigenvalue weighted by molar-refractivity contribution is 5.70. The number of ether oxygens (including phenoxy) is 1. The maximum absolute atomic E-state index is 11.0. The smallest absolute Gasteiger partial charge is 0.407 e. The monoisotopic (exact) mass is 183 g/mol. The van der Waals surface area contributed by atoms with E-state index in [0.29, 0.717) is 12.5 Å². The Morgan fingerprint density at radius 1 is 1.54 bits per heavy atom. The average molecular weight is 183 g/mol. The molecule has 1 amide bonds. The van der Waals surface area contributed by atoms with Gasteiger partial charge in [0.15, 0.2) is 0 Å². The molecule has 1 saturated heterocycles. The fraction of sp³-hybridized carbons (Fsp3) is 0.900. The third-order valence-electron chi connectivity index (χ3n) is 3.59. The Morgan fingerprint density at radius 3 is 2.85 bits per heavy atom. The van der Waals surface area contributed by atoms with Crippen LogP contribution in [-0.4, -0.2) is 18.2 Å². The molecule has 3 unspecified atom stereocenters. The van der Waals surface area contributed by atoms with Gasteiger partial charge in [0.1, 0.15) is 6.61 Å². The topological polar surface area (TPSA) is 38.3 Å². The van der Waals surface area contributed by atoms with Crippen molar-refractivity contribution in [3.8, 4) is 0 Å². The van der Waals surface area contributed by atoms with Crippen molar-refractivity contribution in [2.45, 2.75) is 38.6 Å². The van der Waals surface area contributed by atoms with Gasteiger partial charge in [-0.3, -0.25) is 0 Å². The number of hydrogen-bond acceptors (Lipinski definition) is 2. The minimum atomic E-state index is -0.235. The summed E-state index contributed by atoms with van der Waals surface area (Å²) in [5, 5.41) is 2.98. The molecule has 1 aliphatic carbocycles. The van der Waals surface area contributed by atoms with Crippen LogP contribution in [0.4, 0.5) is 4.79 Å². The Labute approximate surface area is 78.8 Å². The fourth-order valence-corrected chi connectivity index (χ4v) is 2.57. The van der Waals surface area contributed by atoms with Crippen LogP contribution in [0.15, 0.2) is 0 Å². The molecule has 3 nitrogen and oxygen atoms in total. The molecule has 2 rings (SSSR count). The molecule has 74 valence electrons. The standard InChI is InChI=1S/C10H17NO2/c1-7-3-4-10(8(2)5-7)6-13-9(12)11-10/h7-8H,3-6H2,1-2H3,(H,11,12).